The molecule has 4 heterocycles. The van der Waals surface area contributed by atoms with Crippen molar-refractivity contribution >= 4 is 92.9 Å². The Morgan fingerprint density at radius 2 is 0.827 bits per heavy atom. The lowest BCUT2D eigenvalue weighted by atomic mass is 9.88. The van der Waals surface area contributed by atoms with E-state index in [9.17, 15) is 5.26 Å². The minimum absolute atomic E-state index is 0.533. The van der Waals surface area contributed by atoms with Crippen molar-refractivity contribution in [3.8, 4) is 51.1 Å². The molecule has 0 spiro atoms. The van der Waals surface area contributed by atoms with Gasteiger partial charge < -0.3 is 18.3 Å². The van der Waals surface area contributed by atoms with Gasteiger partial charge in [0.25, 0.3) is 0 Å². The highest BCUT2D eigenvalue weighted by atomic mass is 15.0. The van der Waals surface area contributed by atoms with Crippen molar-refractivity contribution in [3.63, 3.8) is 0 Å². The lowest BCUT2D eigenvalue weighted by Crippen LogP contribution is -2.04. The minimum atomic E-state index is 0.533. The molecule has 6 heteroatoms. The zero-order valence-electron chi connectivity index (χ0n) is 40.7. The summed E-state index contributed by atoms with van der Waals surface area (Å²) >= 11 is 0. The second-order valence-electron chi connectivity index (χ2n) is 19.4. The Morgan fingerprint density at radius 1 is 0.373 bits per heavy atom. The van der Waals surface area contributed by atoms with E-state index in [1.807, 2.05) is 24.3 Å². The Kier molecular flexibility index (Phi) is 9.20. The van der Waals surface area contributed by atoms with Crippen LogP contribution in [0.15, 0.2) is 237 Å². The van der Waals surface area contributed by atoms with Crippen molar-refractivity contribution in [1.29, 1.82) is 5.26 Å². The van der Waals surface area contributed by atoms with Gasteiger partial charge in [-0.3, -0.25) is 0 Å². The van der Waals surface area contributed by atoms with Gasteiger partial charge in [-0.2, -0.15) is 5.26 Å². The van der Waals surface area contributed by atoms with Crippen LogP contribution in [0.4, 0.5) is 5.69 Å². The number of hydrogen-bond donors (Lipinski definition) is 0. The summed E-state index contributed by atoms with van der Waals surface area (Å²) < 4.78 is 9.65. The number of aromatic nitrogens is 4. The number of benzene rings is 11. The fraction of sp³-hybridized carbons (Fsp3) is 0.0145. The maximum absolute atomic E-state index is 10.1. The molecule has 348 valence electrons. The predicted molar refractivity (Wildman–Crippen MR) is 310 cm³/mol. The summed E-state index contributed by atoms with van der Waals surface area (Å²) in [5, 5.41) is 19.4. The van der Waals surface area contributed by atoms with Gasteiger partial charge in [0.15, 0.2) is 5.69 Å². The first-order valence-corrected chi connectivity index (χ1v) is 25.3. The SMILES string of the molecule is [C-]#[N+]c1cccc(-n2c3ccccc3c3c2ccc2c4ccccc4n(-c4ccccc4)c23)c1-c1c(-c2ccc(C#N)cc2C)cccc1-n1c2ccccc2c2c1ccc1c3ccccc3n(-c3ccccc3)c12. The summed E-state index contributed by atoms with van der Waals surface area (Å²) in [6.07, 6.45) is 0. The zero-order valence-corrected chi connectivity index (χ0v) is 40.7. The Morgan fingerprint density at radius 3 is 1.32 bits per heavy atom. The van der Waals surface area contributed by atoms with Gasteiger partial charge in [0, 0.05) is 71.3 Å². The molecule has 0 aliphatic rings. The maximum Gasteiger partial charge on any atom is 0.197 e. The van der Waals surface area contributed by atoms with Gasteiger partial charge in [-0.05, 0) is 109 Å². The van der Waals surface area contributed by atoms with Crippen molar-refractivity contribution in [2.24, 2.45) is 0 Å². The van der Waals surface area contributed by atoms with Gasteiger partial charge in [-0.1, -0.05) is 152 Å². The summed E-state index contributed by atoms with van der Waals surface area (Å²) in [6.45, 7) is 11.1. The van der Waals surface area contributed by atoms with E-state index in [0.29, 0.717) is 11.3 Å². The van der Waals surface area contributed by atoms with Gasteiger partial charge in [-0.15, -0.1) is 0 Å². The van der Waals surface area contributed by atoms with Crippen LogP contribution < -0.4 is 0 Å². The largest absolute Gasteiger partial charge is 0.310 e. The third-order valence-electron chi connectivity index (χ3n) is 15.5. The lowest BCUT2D eigenvalue weighted by molar-refractivity contribution is 1.16. The Labute approximate surface area is 431 Å². The van der Waals surface area contributed by atoms with E-state index in [4.69, 9.17) is 6.57 Å². The average Bonchev–Trinajstić information content (AvgIpc) is 4.20. The first-order valence-electron chi connectivity index (χ1n) is 25.3. The second kappa shape index (κ2) is 16.3. The summed E-state index contributed by atoms with van der Waals surface area (Å²) in [6, 6.07) is 86.3. The molecule has 0 unspecified atom stereocenters. The molecular weight excluding hydrogens is 913 g/mol. The molecule has 15 rings (SSSR count). The summed E-state index contributed by atoms with van der Waals surface area (Å²) in [5.74, 6) is 0. The molecule has 0 amide bonds. The lowest BCUT2D eigenvalue weighted by Gasteiger charge is -2.23. The monoisotopic (exact) mass is 954 g/mol. The van der Waals surface area contributed by atoms with Gasteiger partial charge in [-0.25, -0.2) is 4.85 Å². The van der Waals surface area contributed by atoms with Crippen LogP contribution in [0, 0.1) is 24.8 Å². The van der Waals surface area contributed by atoms with Gasteiger partial charge >= 0.3 is 0 Å². The van der Waals surface area contributed by atoms with Crippen LogP contribution in [0.3, 0.4) is 0 Å². The number of rotatable bonds is 6. The van der Waals surface area contributed by atoms with Crippen molar-refractivity contribution in [2.45, 2.75) is 6.92 Å². The number of aryl methyl sites for hydroxylation is 1. The number of para-hydroxylation sites is 6. The number of nitriles is 1. The molecule has 15 aromatic rings. The predicted octanol–water partition coefficient (Wildman–Crippen LogP) is 18.1. The molecule has 0 bridgehead atoms. The van der Waals surface area contributed by atoms with E-state index in [1.54, 1.807) is 0 Å². The number of hydrogen-bond acceptors (Lipinski definition) is 1. The number of nitrogens with zero attached hydrogens (tertiary/aromatic N) is 6. The maximum atomic E-state index is 10.1. The van der Waals surface area contributed by atoms with Crippen LogP contribution in [-0.4, -0.2) is 18.3 Å². The van der Waals surface area contributed by atoms with Crippen molar-refractivity contribution < 1.29 is 0 Å². The summed E-state index contributed by atoms with van der Waals surface area (Å²) in [5.41, 5.74) is 18.5. The van der Waals surface area contributed by atoms with E-state index >= 15 is 0 Å². The normalized spacial score (nSPS) is 11.8. The fourth-order valence-corrected chi connectivity index (χ4v) is 12.5. The third-order valence-corrected chi connectivity index (χ3v) is 15.5. The van der Waals surface area contributed by atoms with E-state index in [-0.39, 0.29) is 0 Å². The van der Waals surface area contributed by atoms with E-state index in [1.165, 1.54) is 21.5 Å². The summed E-state index contributed by atoms with van der Waals surface area (Å²) in [4.78, 5) is 4.43. The van der Waals surface area contributed by atoms with Crippen molar-refractivity contribution in [3.05, 3.63) is 259 Å². The van der Waals surface area contributed by atoms with Crippen LogP contribution in [0.5, 0.6) is 0 Å². The molecule has 0 saturated carbocycles. The first-order chi connectivity index (χ1) is 37.1. The highest BCUT2D eigenvalue weighted by molar-refractivity contribution is 6.28. The van der Waals surface area contributed by atoms with Crippen LogP contribution in [0.1, 0.15) is 11.1 Å². The standard InChI is InChI=1S/C69H42N6/c1-43-41-44(42-70)35-36-47(43)50-27-17-33-60(74-58-31-15-11-25-53(58)65-62(74)39-37-51-48-23-9-13-29-56(48)72(68(51)65)45-19-5-3-6-20-45)64(50)67-55(71-2)28-18-34-61(67)75-59-32-16-12-26-54(59)66-63(75)40-38-52-49-24-10-14-30-57(49)73(69(52)66)46-21-7-4-8-22-46/h3-41H,1H3. The Bertz CT molecular complexity index is 4970. The second-order valence-corrected chi connectivity index (χ2v) is 19.4. The summed E-state index contributed by atoms with van der Waals surface area (Å²) in [7, 11) is 0. The smallest absolute Gasteiger partial charge is 0.197 e. The zero-order chi connectivity index (χ0) is 49.9. The molecule has 0 aliphatic carbocycles. The van der Waals surface area contributed by atoms with Crippen LogP contribution in [0.2, 0.25) is 0 Å². The minimum Gasteiger partial charge on any atom is -0.310 e. The van der Waals surface area contributed by atoms with Gasteiger partial charge in [0.2, 0.25) is 0 Å². The molecule has 0 aliphatic heterocycles. The van der Waals surface area contributed by atoms with E-state index < -0.39 is 0 Å². The molecule has 0 atom stereocenters. The van der Waals surface area contributed by atoms with Gasteiger partial charge in [0.1, 0.15) is 0 Å². The Hall–Kier alpha value is -10.4. The fourth-order valence-electron chi connectivity index (χ4n) is 12.5. The Balaban J connectivity index is 1.11. The van der Waals surface area contributed by atoms with Crippen LogP contribution in [0.25, 0.3) is 137 Å². The molecule has 0 fully saturated rings. The topological polar surface area (TPSA) is 47.9 Å². The molecule has 0 radical (unpaired) electrons. The third kappa shape index (κ3) is 6.00. The van der Waals surface area contributed by atoms with E-state index in [0.717, 1.165) is 116 Å². The quantitative estimate of drug-likeness (QED) is 0.153. The molecule has 4 aromatic heterocycles. The molecular formula is C69H42N6. The highest BCUT2D eigenvalue weighted by Gasteiger charge is 2.28. The van der Waals surface area contributed by atoms with Crippen LogP contribution in [-0.2, 0) is 0 Å². The number of fused-ring (bicyclic) bond motifs is 14. The van der Waals surface area contributed by atoms with Crippen molar-refractivity contribution in [1.82, 2.24) is 18.3 Å². The van der Waals surface area contributed by atoms with E-state index in [2.05, 4.69) is 248 Å². The molecule has 6 nitrogen and oxygen atoms in total. The molecule has 75 heavy (non-hydrogen) atoms. The molecule has 0 N–H and O–H groups in total. The molecule has 11 aromatic carbocycles. The van der Waals surface area contributed by atoms with Crippen molar-refractivity contribution in [2.75, 3.05) is 0 Å². The van der Waals surface area contributed by atoms with Crippen LogP contribution >= 0.6 is 0 Å². The highest BCUT2D eigenvalue weighted by Crippen LogP contribution is 2.51. The first kappa shape index (κ1) is 42.3. The molecule has 0 saturated heterocycles. The van der Waals surface area contributed by atoms with Gasteiger partial charge in [0.05, 0.1) is 68.0 Å². The average molecular weight is 955 g/mol.